The lowest BCUT2D eigenvalue weighted by Gasteiger charge is -2.22. The molecule has 0 saturated heterocycles. The maximum atomic E-state index is 11.7. The van der Waals surface area contributed by atoms with Gasteiger partial charge in [-0.2, -0.15) is 0 Å². The van der Waals surface area contributed by atoms with Crippen LogP contribution in [0.25, 0.3) is 0 Å². The molecule has 2 saturated carbocycles. The summed E-state index contributed by atoms with van der Waals surface area (Å²) in [5.74, 6) is 2.86. The molecule has 0 N–H and O–H groups in total. The number of hydrogen-bond acceptors (Lipinski definition) is 2. The molecule has 0 bridgehead atoms. The topological polar surface area (TPSA) is 34.1 Å². The van der Waals surface area contributed by atoms with Crippen LogP contribution in [0, 0.1) is 35.0 Å². The van der Waals surface area contributed by atoms with Gasteiger partial charge in [-0.3, -0.25) is 4.79 Å². The molecule has 5 atom stereocenters. The number of carbonyl (C=O) groups excluding carboxylic acids is 2. The average Bonchev–Trinajstić information content (AvgIpc) is 2.57. The third-order valence-corrected chi connectivity index (χ3v) is 5.48. The van der Waals surface area contributed by atoms with Crippen LogP contribution < -0.4 is 0 Å². The Balaban J connectivity index is 2.16. The third kappa shape index (κ3) is 1.96. The molecule has 0 aromatic heterocycles. The van der Waals surface area contributed by atoms with Gasteiger partial charge in [0.25, 0.3) is 0 Å². The minimum absolute atomic E-state index is 0.255. The van der Waals surface area contributed by atoms with Gasteiger partial charge in [-0.05, 0) is 48.9 Å². The van der Waals surface area contributed by atoms with Gasteiger partial charge in [0, 0.05) is 12.3 Å². The first kappa shape index (κ1) is 12.8. The van der Waals surface area contributed by atoms with Crippen LogP contribution in [0.4, 0.5) is 0 Å². The molecule has 0 unspecified atom stereocenters. The van der Waals surface area contributed by atoms with E-state index in [0.29, 0.717) is 35.9 Å². The van der Waals surface area contributed by atoms with E-state index in [1.54, 1.807) is 6.92 Å². The molecule has 2 aliphatic carbocycles. The fourth-order valence-electron chi connectivity index (χ4n) is 4.41. The lowest BCUT2D eigenvalue weighted by Crippen LogP contribution is -2.23. The van der Waals surface area contributed by atoms with Gasteiger partial charge in [0.15, 0.2) is 0 Å². The molecule has 2 rings (SSSR count). The van der Waals surface area contributed by atoms with Gasteiger partial charge in [0.05, 0.1) is 0 Å². The van der Waals surface area contributed by atoms with E-state index in [1.165, 1.54) is 6.42 Å². The first-order chi connectivity index (χ1) is 7.91. The number of hydrogen-bond donors (Lipinski definition) is 0. The van der Waals surface area contributed by atoms with E-state index in [2.05, 4.69) is 20.8 Å². The van der Waals surface area contributed by atoms with Crippen molar-refractivity contribution >= 4 is 12.1 Å². The fraction of sp³-hybridized carbons (Fsp3) is 0.867. The van der Waals surface area contributed by atoms with E-state index in [1.807, 2.05) is 0 Å². The van der Waals surface area contributed by atoms with Gasteiger partial charge >= 0.3 is 0 Å². The number of ketones is 1. The fourth-order valence-corrected chi connectivity index (χ4v) is 4.41. The Kier molecular flexibility index (Phi) is 3.17. The second-order valence-corrected chi connectivity index (χ2v) is 6.71. The quantitative estimate of drug-likeness (QED) is 0.703. The molecule has 2 nitrogen and oxygen atoms in total. The molecule has 17 heavy (non-hydrogen) atoms. The zero-order valence-electron chi connectivity index (χ0n) is 11.4. The van der Waals surface area contributed by atoms with Gasteiger partial charge in [0.1, 0.15) is 12.1 Å². The van der Waals surface area contributed by atoms with Crippen molar-refractivity contribution in [3.05, 3.63) is 0 Å². The van der Waals surface area contributed by atoms with E-state index in [4.69, 9.17) is 0 Å². The summed E-state index contributed by atoms with van der Waals surface area (Å²) in [6.45, 7) is 8.53. The molecule has 2 heteroatoms. The summed E-state index contributed by atoms with van der Waals surface area (Å²) in [6, 6.07) is 0. The van der Waals surface area contributed by atoms with Crippen LogP contribution >= 0.6 is 0 Å². The standard InChI is InChI=1S/C15H24O2/c1-9-5-6-11(10(2)17)13(9)14-12(7-8-16)15(14,3)4/h8-9,11-14H,5-7H2,1-4H3/t9-,11+,12-,13-,14-/m1/s1. The van der Waals surface area contributed by atoms with Gasteiger partial charge in [-0.25, -0.2) is 0 Å². The van der Waals surface area contributed by atoms with Crippen LogP contribution in [0.5, 0.6) is 0 Å². The Morgan fingerprint density at radius 3 is 2.53 bits per heavy atom. The smallest absolute Gasteiger partial charge is 0.133 e. The van der Waals surface area contributed by atoms with Crippen LogP contribution in [0.15, 0.2) is 0 Å². The van der Waals surface area contributed by atoms with E-state index in [0.717, 1.165) is 12.7 Å². The summed E-state index contributed by atoms with van der Waals surface area (Å²) in [4.78, 5) is 22.5. The van der Waals surface area contributed by atoms with Crippen molar-refractivity contribution in [3.63, 3.8) is 0 Å². The van der Waals surface area contributed by atoms with Gasteiger partial charge in [0.2, 0.25) is 0 Å². The number of rotatable bonds is 4. The minimum Gasteiger partial charge on any atom is -0.303 e. The van der Waals surface area contributed by atoms with Crippen LogP contribution in [0.2, 0.25) is 0 Å². The number of aldehydes is 1. The van der Waals surface area contributed by atoms with E-state index < -0.39 is 0 Å². The van der Waals surface area contributed by atoms with E-state index in [9.17, 15) is 9.59 Å². The van der Waals surface area contributed by atoms with Crippen LogP contribution in [0.1, 0.15) is 47.0 Å². The second-order valence-electron chi connectivity index (χ2n) is 6.71. The van der Waals surface area contributed by atoms with E-state index >= 15 is 0 Å². The Hall–Kier alpha value is -0.660. The molecule has 0 spiro atoms. The first-order valence-corrected chi connectivity index (χ1v) is 6.85. The molecule has 96 valence electrons. The highest BCUT2D eigenvalue weighted by atomic mass is 16.1. The molecule has 0 amide bonds. The molecular formula is C15H24O2. The summed E-state index contributed by atoms with van der Waals surface area (Å²) >= 11 is 0. The van der Waals surface area contributed by atoms with Crippen molar-refractivity contribution in [2.75, 3.05) is 0 Å². The summed E-state index contributed by atoms with van der Waals surface area (Å²) in [5, 5.41) is 0. The SMILES string of the molecule is CC(=O)[C@@H]1CC[C@@H](C)[C@H]1[C@H]1[C@@H](CC=O)C1(C)C. The molecule has 0 aliphatic heterocycles. The number of carbonyl (C=O) groups is 2. The highest BCUT2D eigenvalue weighted by Crippen LogP contribution is 2.67. The molecule has 0 aromatic rings. The van der Waals surface area contributed by atoms with Crippen molar-refractivity contribution in [3.8, 4) is 0 Å². The minimum atomic E-state index is 0.255. The van der Waals surface area contributed by atoms with Gasteiger partial charge in [-0.15, -0.1) is 0 Å². The highest BCUT2D eigenvalue weighted by molar-refractivity contribution is 5.79. The molecule has 2 aliphatic rings. The molecule has 0 heterocycles. The molecule has 2 fully saturated rings. The van der Waals surface area contributed by atoms with Crippen molar-refractivity contribution in [1.82, 2.24) is 0 Å². The Labute approximate surface area is 104 Å². The van der Waals surface area contributed by atoms with Crippen LogP contribution in [-0.2, 0) is 9.59 Å². The Morgan fingerprint density at radius 2 is 2.00 bits per heavy atom. The predicted molar refractivity (Wildman–Crippen MR) is 67.5 cm³/mol. The lowest BCUT2D eigenvalue weighted by atomic mass is 9.81. The zero-order valence-corrected chi connectivity index (χ0v) is 11.4. The second kappa shape index (κ2) is 4.22. The van der Waals surface area contributed by atoms with Gasteiger partial charge < -0.3 is 4.79 Å². The van der Waals surface area contributed by atoms with Crippen molar-refractivity contribution < 1.29 is 9.59 Å². The predicted octanol–water partition coefficient (Wildman–Crippen LogP) is 3.10. The summed E-state index contributed by atoms with van der Waals surface area (Å²) < 4.78 is 0. The molecule has 0 radical (unpaired) electrons. The van der Waals surface area contributed by atoms with Crippen molar-refractivity contribution in [1.29, 1.82) is 0 Å². The Bertz CT molecular complexity index is 332. The summed E-state index contributed by atoms with van der Waals surface area (Å²) in [6.07, 6.45) is 3.96. The van der Waals surface area contributed by atoms with Crippen molar-refractivity contribution in [2.45, 2.75) is 47.0 Å². The Morgan fingerprint density at radius 1 is 1.35 bits per heavy atom. The monoisotopic (exact) mass is 236 g/mol. The largest absolute Gasteiger partial charge is 0.303 e. The van der Waals surface area contributed by atoms with Gasteiger partial charge in [-0.1, -0.05) is 20.8 Å². The molecule has 0 aromatic carbocycles. The first-order valence-electron chi connectivity index (χ1n) is 6.85. The van der Waals surface area contributed by atoms with Crippen LogP contribution in [0.3, 0.4) is 0 Å². The van der Waals surface area contributed by atoms with Crippen molar-refractivity contribution in [2.24, 2.45) is 35.0 Å². The van der Waals surface area contributed by atoms with E-state index in [-0.39, 0.29) is 11.3 Å². The third-order valence-electron chi connectivity index (χ3n) is 5.48. The van der Waals surface area contributed by atoms with Crippen LogP contribution in [-0.4, -0.2) is 12.1 Å². The highest BCUT2D eigenvalue weighted by Gasteiger charge is 2.63. The summed E-state index contributed by atoms with van der Waals surface area (Å²) in [5.41, 5.74) is 0.262. The number of Topliss-reactive ketones (excluding diaryl/α,β-unsaturated/α-hetero) is 1. The maximum Gasteiger partial charge on any atom is 0.133 e. The average molecular weight is 236 g/mol. The zero-order chi connectivity index (χ0) is 12.8. The maximum absolute atomic E-state index is 11.7. The normalized spacial score (nSPS) is 43.4. The summed E-state index contributed by atoms with van der Waals surface area (Å²) in [7, 11) is 0. The lowest BCUT2D eigenvalue weighted by molar-refractivity contribution is -0.122. The molecular weight excluding hydrogens is 212 g/mol.